The smallest absolute Gasteiger partial charge is 0.261 e. The molecule has 0 atom stereocenters. The number of carbonyl (C=O) groups is 3. The molecule has 3 aromatic rings. The van der Waals surface area contributed by atoms with E-state index in [0.29, 0.717) is 11.1 Å². The minimum atomic E-state index is -0.261. The van der Waals surface area contributed by atoms with Crippen molar-refractivity contribution in [1.82, 2.24) is 9.47 Å². The van der Waals surface area contributed by atoms with Gasteiger partial charge in [-0.3, -0.25) is 19.3 Å². The van der Waals surface area contributed by atoms with E-state index in [-0.39, 0.29) is 16.9 Å². The Kier molecular flexibility index (Phi) is 6.08. The van der Waals surface area contributed by atoms with Gasteiger partial charge >= 0.3 is 0 Å². The monoisotopic (exact) mass is 437 g/mol. The van der Waals surface area contributed by atoms with Crippen LogP contribution in [0.15, 0.2) is 49.1 Å². The van der Waals surface area contributed by atoms with Gasteiger partial charge in [0.25, 0.3) is 11.8 Å². The van der Waals surface area contributed by atoms with Crippen molar-refractivity contribution in [2.24, 2.45) is 0 Å². The molecule has 0 spiro atoms. The number of rotatable bonds is 8. The van der Waals surface area contributed by atoms with Gasteiger partial charge in [-0.15, -0.1) is 0 Å². The van der Waals surface area contributed by atoms with E-state index in [9.17, 15) is 14.4 Å². The maximum absolute atomic E-state index is 12.5. The molecule has 0 radical (unpaired) electrons. The number of hydrogen-bond acceptors (Lipinski definition) is 5. The van der Waals surface area contributed by atoms with E-state index in [0.717, 1.165) is 48.3 Å². The van der Waals surface area contributed by atoms with Crippen molar-refractivity contribution in [3.8, 4) is 0 Å². The summed E-state index contributed by atoms with van der Waals surface area (Å²) in [5, 5.41) is 5.23. The molecule has 0 fully saturated rings. The lowest BCUT2D eigenvalue weighted by molar-refractivity contribution is -0.691. The summed E-state index contributed by atoms with van der Waals surface area (Å²) in [6.07, 6.45) is 7.03. The molecule has 1 N–H and O–H groups in total. The van der Waals surface area contributed by atoms with Crippen LogP contribution in [-0.2, 0) is 17.9 Å². The molecule has 0 saturated heterocycles. The van der Waals surface area contributed by atoms with Crippen LogP contribution in [0.25, 0.3) is 10.8 Å². The van der Waals surface area contributed by atoms with Crippen molar-refractivity contribution in [3.05, 3.63) is 60.2 Å². The van der Waals surface area contributed by atoms with Gasteiger partial charge in [0, 0.05) is 60.3 Å². The Hall–Kier alpha value is -3.13. The predicted octanol–water partition coefficient (Wildman–Crippen LogP) is 2.94. The average Bonchev–Trinajstić information content (AvgIpc) is 3.21. The second-order valence-electron chi connectivity index (χ2n) is 7.57. The highest BCUT2D eigenvalue weighted by molar-refractivity contribution is 8.13. The number of nitrogens with one attached hydrogen (secondary N) is 1. The third-order valence-corrected chi connectivity index (χ3v) is 6.21. The number of hydrogen-bond donors (Lipinski definition) is 1. The molecule has 31 heavy (non-hydrogen) atoms. The highest BCUT2D eigenvalue weighted by Gasteiger charge is 2.30. The van der Waals surface area contributed by atoms with Crippen molar-refractivity contribution in [2.45, 2.75) is 26.4 Å². The number of aromatic nitrogens is 2. The van der Waals surface area contributed by atoms with Gasteiger partial charge in [0.2, 0.25) is 6.33 Å². The first-order valence-corrected chi connectivity index (χ1v) is 11.2. The molecule has 0 unspecified atom stereocenters. The van der Waals surface area contributed by atoms with Crippen LogP contribution in [0.3, 0.4) is 0 Å². The maximum atomic E-state index is 12.5. The summed E-state index contributed by atoms with van der Waals surface area (Å²) < 4.78 is 4.21. The number of imidazole rings is 1. The Balaban J connectivity index is 1.39. The lowest BCUT2D eigenvalue weighted by Gasteiger charge is -2.24. The van der Waals surface area contributed by atoms with Crippen LogP contribution in [-0.4, -0.2) is 45.7 Å². The highest BCUT2D eigenvalue weighted by atomic mass is 32.2. The summed E-state index contributed by atoms with van der Waals surface area (Å²) in [7, 11) is 1.52. The molecule has 0 bridgehead atoms. The molecule has 2 heterocycles. The van der Waals surface area contributed by atoms with Gasteiger partial charge in [0.15, 0.2) is 5.12 Å². The Morgan fingerprint density at radius 3 is 2.68 bits per heavy atom. The molecule has 0 aliphatic carbocycles. The molecule has 1 aliphatic rings. The third-order valence-electron chi connectivity index (χ3n) is 5.42. The fourth-order valence-electron chi connectivity index (χ4n) is 3.85. The Labute approximate surface area is 185 Å². The maximum Gasteiger partial charge on any atom is 0.261 e. The van der Waals surface area contributed by atoms with Gasteiger partial charge in [-0.1, -0.05) is 23.9 Å². The standard InChI is InChI=1S/C23H24N4O3S/c1-16(28)31-14-13-27-12-11-26(15-27)10-4-9-24-20-8-7-19-21-17(20)5-3-6-18(21)22(29)25(2)23(19)30/h3,5-8,11-12,15H,4,9-10,13-14H2,1-2H3/p+1. The van der Waals surface area contributed by atoms with Crippen LogP contribution in [0, 0.1) is 0 Å². The lowest BCUT2D eigenvalue weighted by atomic mass is 9.93. The quantitative estimate of drug-likeness (QED) is 0.333. The van der Waals surface area contributed by atoms with E-state index < -0.39 is 0 Å². The Bertz CT molecular complexity index is 1150. The van der Waals surface area contributed by atoms with Crippen molar-refractivity contribution in [2.75, 3.05) is 24.7 Å². The minimum absolute atomic E-state index is 0.144. The second-order valence-corrected chi connectivity index (χ2v) is 8.84. The Morgan fingerprint density at radius 1 is 1.13 bits per heavy atom. The fourth-order valence-corrected chi connectivity index (χ4v) is 4.44. The van der Waals surface area contributed by atoms with E-state index in [2.05, 4.69) is 20.8 Å². The zero-order valence-corrected chi connectivity index (χ0v) is 18.4. The van der Waals surface area contributed by atoms with Crippen LogP contribution < -0.4 is 9.88 Å². The molecule has 4 rings (SSSR count). The molecule has 160 valence electrons. The van der Waals surface area contributed by atoms with Crippen molar-refractivity contribution in [1.29, 1.82) is 0 Å². The molecular weight excluding hydrogens is 412 g/mol. The fraction of sp³-hybridized carbons (Fsp3) is 0.304. The summed E-state index contributed by atoms with van der Waals surface area (Å²) >= 11 is 1.34. The van der Waals surface area contributed by atoms with E-state index in [1.54, 1.807) is 19.1 Å². The molecule has 0 saturated carbocycles. The van der Waals surface area contributed by atoms with Gasteiger partial charge in [-0.25, -0.2) is 9.13 Å². The first-order valence-electron chi connectivity index (χ1n) is 10.3. The third kappa shape index (κ3) is 4.34. The molecule has 1 aliphatic heterocycles. The largest absolute Gasteiger partial charge is 0.384 e. The number of carbonyl (C=O) groups excluding carboxylic acids is 3. The molecule has 2 amide bonds. The van der Waals surface area contributed by atoms with Gasteiger partial charge in [0.1, 0.15) is 12.4 Å². The van der Waals surface area contributed by atoms with Crippen LogP contribution in [0.4, 0.5) is 5.69 Å². The summed E-state index contributed by atoms with van der Waals surface area (Å²) in [6, 6.07) is 9.30. The SMILES string of the molecule is CC(=O)SCC[n+]1ccn(CCCNc2ccc3c4c(cccc24)C(=O)N(C)C3=O)c1. The molecule has 7 nitrogen and oxygen atoms in total. The molecule has 1 aromatic heterocycles. The Morgan fingerprint density at radius 2 is 1.90 bits per heavy atom. The summed E-state index contributed by atoms with van der Waals surface area (Å²) in [5.41, 5.74) is 2.06. The number of amides is 2. The van der Waals surface area contributed by atoms with Crippen molar-refractivity contribution in [3.63, 3.8) is 0 Å². The van der Waals surface area contributed by atoms with E-state index in [1.165, 1.54) is 23.7 Å². The number of thioether (sulfide) groups is 1. The zero-order valence-electron chi connectivity index (χ0n) is 17.6. The highest BCUT2D eigenvalue weighted by Crippen LogP contribution is 2.33. The summed E-state index contributed by atoms with van der Waals surface area (Å²) in [4.78, 5) is 37.2. The summed E-state index contributed by atoms with van der Waals surface area (Å²) in [6.45, 7) is 4.02. The molecule has 2 aromatic carbocycles. The van der Waals surface area contributed by atoms with Gasteiger partial charge in [0.05, 0.1) is 13.1 Å². The lowest BCUT2D eigenvalue weighted by Crippen LogP contribution is -2.36. The van der Waals surface area contributed by atoms with Crippen LogP contribution >= 0.6 is 11.8 Å². The number of nitrogens with zero attached hydrogens (tertiary/aromatic N) is 3. The van der Waals surface area contributed by atoms with Gasteiger partial charge < -0.3 is 5.32 Å². The average molecular weight is 438 g/mol. The zero-order chi connectivity index (χ0) is 22.0. The van der Waals surface area contributed by atoms with Gasteiger partial charge in [-0.05, 0) is 18.2 Å². The summed E-state index contributed by atoms with van der Waals surface area (Å²) in [5.74, 6) is 0.253. The topological polar surface area (TPSA) is 75.3 Å². The number of anilines is 1. The molecular formula is C23H25N4O3S+. The van der Waals surface area contributed by atoms with E-state index in [1.807, 2.05) is 30.6 Å². The minimum Gasteiger partial charge on any atom is -0.384 e. The van der Waals surface area contributed by atoms with Crippen molar-refractivity contribution < 1.29 is 19.0 Å². The predicted molar refractivity (Wildman–Crippen MR) is 121 cm³/mol. The number of aryl methyl sites for hydroxylation is 2. The van der Waals surface area contributed by atoms with Gasteiger partial charge in [-0.2, -0.15) is 0 Å². The van der Waals surface area contributed by atoms with E-state index in [4.69, 9.17) is 0 Å². The first kappa shape index (κ1) is 21.1. The van der Waals surface area contributed by atoms with Crippen LogP contribution in [0.5, 0.6) is 0 Å². The normalized spacial score (nSPS) is 13.2. The number of benzene rings is 2. The van der Waals surface area contributed by atoms with E-state index >= 15 is 0 Å². The first-order chi connectivity index (χ1) is 15.0. The van der Waals surface area contributed by atoms with Crippen molar-refractivity contribution >= 4 is 45.2 Å². The van der Waals surface area contributed by atoms with Crippen LogP contribution in [0.2, 0.25) is 0 Å². The second kappa shape index (κ2) is 8.93. The van der Waals surface area contributed by atoms with Crippen LogP contribution in [0.1, 0.15) is 34.1 Å². The molecule has 8 heteroatoms. The number of imide groups is 1.